The second-order valence-electron chi connectivity index (χ2n) is 5.06. The number of benzene rings is 1. The smallest absolute Gasteiger partial charge is 0.369 e. The van der Waals surface area contributed by atoms with Crippen molar-refractivity contribution in [1.82, 2.24) is 9.97 Å². The molecule has 26 heavy (non-hydrogen) atoms. The van der Waals surface area contributed by atoms with Crippen molar-refractivity contribution >= 4 is 41.2 Å². The molecule has 0 radical (unpaired) electrons. The maximum Gasteiger partial charge on any atom is 0.416 e. The molecule has 0 aliphatic carbocycles. The molecule has 1 amide bonds. The van der Waals surface area contributed by atoms with Gasteiger partial charge in [0, 0.05) is 18.7 Å². The number of alkyl halides is 3. The van der Waals surface area contributed by atoms with Crippen LogP contribution in [-0.2, 0) is 11.0 Å². The number of nitrogens with zero attached hydrogens (tertiary/aromatic N) is 2. The summed E-state index contributed by atoms with van der Waals surface area (Å²) in [5.41, 5.74) is 4.57. The van der Waals surface area contributed by atoms with Gasteiger partial charge < -0.3 is 16.4 Å². The zero-order valence-electron chi connectivity index (χ0n) is 13.1. The molecule has 0 bridgehead atoms. The molecule has 0 aliphatic heterocycles. The van der Waals surface area contributed by atoms with Crippen LogP contribution < -0.4 is 16.4 Å². The Balaban J connectivity index is 1.95. The number of nitrogens with one attached hydrogen (secondary N) is 2. The molecule has 138 valence electrons. The molecular weight excluding hydrogens is 375 g/mol. The second kappa shape index (κ2) is 8.00. The number of aldehydes is 1. The zero-order valence-corrected chi connectivity index (χ0v) is 13.9. The summed E-state index contributed by atoms with van der Waals surface area (Å²) in [5, 5.41) is 4.93. The highest BCUT2D eigenvalue weighted by molar-refractivity contribution is 6.32. The third kappa shape index (κ3) is 5.06. The van der Waals surface area contributed by atoms with Gasteiger partial charge in [-0.15, -0.1) is 0 Å². The lowest BCUT2D eigenvalue weighted by atomic mass is 10.2. The standard InChI is InChI=1S/C15H13ClF3N5O2/c16-12-10(7-25)13(24-14(20)23-12)21-5-4-11(26)22-9-3-1-2-8(6-9)15(17,18)19/h1-3,6-7H,4-5H2,(H,22,26)(H3,20,21,23,24). The predicted octanol–water partition coefficient (Wildman–Crippen LogP) is 2.98. The Kier molecular flexibility index (Phi) is 5.98. The molecule has 11 heteroatoms. The second-order valence-corrected chi connectivity index (χ2v) is 5.41. The van der Waals surface area contributed by atoms with E-state index in [9.17, 15) is 22.8 Å². The molecule has 1 aromatic carbocycles. The molecule has 2 aromatic rings. The maximum absolute atomic E-state index is 12.6. The van der Waals surface area contributed by atoms with Gasteiger partial charge in [-0.3, -0.25) is 9.59 Å². The monoisotopic (exact) mass is 387 g/mol. The van der Waals surface area contributed by atoms with Crippen molar-refractivity contribution in [3.63, 3.8) is 0 Å². The quantitative estimate of drug-likeness (QED) is 0.519. The summed E-state index contributed by atoms with van der Waals surface area (Å²) in [7, 11) is 0. The number of halogens is 4. The summed E-state index contributed by atoms with van der Waals surface area (Å²) in [4.78, 5) is 30.3. The van der Waals surface area contributed by atoms with Gasteiger partial charge in [-0.05, 0) is 18.2 Å². The zero-order chi connectivity index (χ0) is 19.3. The van der Waals surface area contributed by atoms with Crippen molar-refractivity contribution in [3.8, 4) is 0 Å². The fourth-order valence-corrected chi connectivity index (χ4v) is 2.21. The van der Waals surface area contributed by atoms with Crippen LogP contribution in [0.3, 0.4) is 0 Å². The number of nitrogens with two attached hydrogens (primary N) is 1. The van der Waals surface area contributed by atoms with Gasteiger partial charge in [0.05, 0.1) is 11.1 Å². The molecule has 4 N–H and O–H groups in total. The van der Waals surface area contributed by atoms with E-state index in [-0.39, 0.29) is 41.1 Å². The number of amides is 1. The highest BCUT2D eigenvalue weighted by atomic mass is 35.5. The largest absolute Gasteiger partial charge is 0.416 e. The number of carbonyl (C=O) groups is 2. The molecule has 0 fully saturated rings. The average molecular weight is 388 g/mol. The highest BCUT2D eigenvalue weighted by Crippen LogP contribution is 2.30. The van der Waals surface area contributed by atoms with E-state index in [1.807, 2.05) is 0 Å². The van der Waals surface area contributed by atoms with Crippen molar-refractivity contribution in [3.05, 3.63) is 40.5 Å². The Morgan fingerprint density at radius 1 is 1.31 bits per heavy atom. The van der Waals surface area contributed by atoms with Crippen LogP contribution in [0.2, 0.25) is 5.15 Å². The minimum atomic E-state index is -4.50. The summed E-state index contributed by atoms with van der Waals surface area (Å²) in [6, 6.07) is 4.27. The van der Waals surface area contributed by atoms with E-state index in [0.29, 0.717) is 6.29 Å². The number of anilines is 3. The Labute approximate surface area is 150 Å². The molecule has 0 saturated heterocycles. The van der Waals surface area contributed by atoms with Gasteiger partial charge in [-0.1, -0.05) is 17.7 Å². The molecule has 0 atom stereocenters. The number of hydrogen-bond acceptors (Lipinski definition) is 6. The summed E-state index contributed by atoms with van der Waals surface area (Å²) >= 11 is 5.76. The number of rotatable bonds is 6. The predicted molar refractivity (Wildman–Crippen MR) is 90.0 cm³/mol. The van der Waals surface area contributed by atoms with Gasteiger partial charge in [0.25, 0.3) is 0 Å². The van der Waals surface area contributed by atoms with E-state index in [0.717, 1.165) is 12.1 Å². The fourth-order valence-electron chi connectivity index (χ4n) is 1.99. The third-order valence-electron chi connectivity index (χ3n) is 3.15. The van der Waals surface area contributed by atoms with Crippen LogP contribution in [0.25, 0.3) is 0 Å². The van der Waals surface area contributed by atoms with E-state index >= 15 is 0 Å². The van der Waals surface area contributed by atoms with Crippen molar-refractivity contribution < 1.29 is 22.8 Å². The molecule has 0 spiro atoms. The first-order chi connectivity index (χ1) is 12.2. The lowest BCUT2D eigenvalue weighted by molar-refractivity contribution is -0.137. The minimum absolute atomic E-state index is 0.0147. The number of carbonyl (C=O) groups excluding carboxylic acids is 2. The summed E-state index contributed by atoms with van der Waals surface area (Å²) < 4.78 is 37.9. The van der Waals surface area contributed by atoms with Gasteiger partial charge in [0.15, 0.2) is 6.29 Å². The van der Waals surface area contributed by atoms with Gasteiger partial charge in [-0.25, -0.2) is 4.98 Å². The topological polar surface area (TPSA) is 110 Å². The number of hydrogen-bond donors (Lipinski definition) is 3. The van der Waals surface area contributed by atoms with Gasteiger partial charge in [-0.2, -0.15) is 18.2 Å². The average Bonchev–Trinajstić information content (AvgIpc) is 2.54. The van der Waals surface area contributed by atoms with Crippen LogP contribution in [-0.4, -0.2) is 28.7 Å². The highest BCUT2D eigenvalue weighted by Gasteiger charge is 2.30. The number of aromatic nitrogens is 2. The lowest BCUT2D eigenvalue weighted by Crippen LogP contribution is -2.18. The molecule has 1 heterocycles. The summed E-state index contributed by atoms with van der Waals surface area (Å²) in [6.07, 6.45) is -4.16. The molecule has 0 saturated carbocycles. The Morgan fingerprint density at radius 3 is 2.69 bits per heavy atom. The molecule has 0 aliphatic rings. The molecule has 1 aromatic heterocycles. The van der Waals surface area contributed by atoms with E-state index in [4.69, 9.17) is 17.3 Å². The van der Waals surface area contributed by atoms with Crippen LogP contribution >= 0.6 is 11.6 Å². The Morgan fingerprint density at radius 2 is 2.04 bits per heavy atom. The Bertz CT molecular complexity index is 829. The van der Waals surface area contributed by atoms with Gasteiger partial charge in [0.2, 0.25) is 11.9 Å². The van der Waals surface area contributed by atoms with E-state index in [1.54, 1.807) is 0 Å². The first-order valence-corrected chi connectivity index (χ1v) is 7.57. The van der Waals surface area contributed by atoms with E-state index < -0.39 is 17.6 Å². The SMILES string of the molecule is Nc1nc(Cl)c(C=O)c(NCCC(=O)Nc2cccc(C(F)(F)F)c2)n1. The third-order valence-corrected chi connectivity index (χ3v) is 3.44. The molecule has 2 rings (SSSR count). The first kappa shape index (κ1) is 19.4. The van der Waals surface area contributed by atoms with Crippen molar-refractivity contribution in [2.24, 2.45) is 0 Å². The van der Waals surface area contributed by atoms with Crippen molar-refractivity contribution in [2.75, 3.05) is 22.9 Å². The molecular formula is C15H13ClF3N5O2. The minimum Gasteiger partial charge on any atom is -0.369 e. The lowest BCUT2D eigenvalue weighted by Gasteiger charge is -2.11. The molecule has 7 nitrogen and oxygen atoms in total. The van der Waals surface area contributed by atoms with Crippen molar-refractivity contribution in [2.45, 2.75) is 12.6 Å². The summed E-state index contributed by atoms with van der Waals surface area (Å²) in [5.74, 6) is -0.626. The van der Waals surface area contributed by atoms with Gasteiger partial charge in [0.1, 0.15) is 11.0 Å². The van der Waals surface area contributed by atoms with E-state index in [1.165, 1.54) is 12.1 Å². The van der Waals surface area contributed by atoms with Crippen LogP contribution in [0, 0.1) is 0 Å². The van der Waals surface area contributed by atoms with Gasteiger partial charge >= 0.3 is 6.18 Å². The first-order valence-electron chi connectivity index (χ1n) is 7.20. The maximum atomic E-state index is 12.6. The number of nitrogen functional groups attached to an aromatic ring is 1. The van der Waals surface area contributed by atoms with E-state index in [2.05, 4.69) is 20.6 Å². The fraction of sp³-hybridized carbons (Fsp3) is 0.200. The summed E-state index contributed by atoms with van der Waals surface area (Å²) in [6.45, 7) is 0.0401. The normalized spacial score (nSPS) is 11.1. The van der Waals surface area contributed by atoms with Crippen LogP contribution in [0.5, 0.6) is 0 Å². The Hall–Kier alpha value is -2.88. The van der Waals surface area contributed by atoms with Crippen LogP contribution in [0.1, 0.15) is 22.3 Å². The van der Waals surface area contributed by atoms with Crippen LogP contribution in [0.15, 0.2) is 24.3 Å². The van der Waals surface area contributed by atoms with Crippen molar-refractivity contribution in [1.29, 1.82) is 0 Å². The van der Waals surface area contributed by atoms with Crippen LogP contribution in [0.4, 0.5) is 30.6 Å². The molecule has 0 unspecified atom stereocenters.